The first-order chi connectivity index (χ1) is 11.5. The Labute approximate surface area is 138 Å². The molecule has 0 saturated heterocycles. The van der Waals surface area contributed by atoms with Crippen LogP contribution in [0.2, 0.25) is 0 Å². The van der Waals surface area contributed by atoms with Gasteiger partial charge in [0.25, 0.3) is 12.3 Å². The van der Waals surface area contributed by atoms with E-state index in [4.69, 9.17) is 4.74 Å². The van der Waals surface area contributed by atoms with Gasteiger partial charge in [0.15, 0.2) is 5.69 Å². The van der Waals surface area contributed by atoms with Crippen LogP contribution in [0.1, 0.15) is 47.9 Å². The molecule has 1 N–H and O–H groups in total. The van der Waals surface area contributed by atoms with Crippen molar-refractivity contribution in [2.24, 2.45) is 5.92 Å². The van der Waals surface area contributed by atoms with Crippen molar-refractivity contribution in [3.05, 3.63) is 47.3 Å². The summed E-state index contributed by atoms with van der Waals surface area (Å²) in [6, 6.07) is 6.97. The Morgan fingerprint density at radius 3 is 2.88 bits per heavy atom. The van der Waals surface area contributed by atoms with Crippen LogP contribution < -0.4 is 10.1 Å². The molecule has 0 spiro atoms. The van der Waals surface area contributed by atoms with Crippen LogP contribution in [0.15, 0.2) is 30.5 Å². The number of rotatable bonds is 5. The monoisotopic (exact) mass is 335 g/mol. The molecule has 0 radical (unpaired) electrons. The van der Waals surface area contributed by atoms with E-state index in [1.807, 2.05) is 38.1 Å². The molecule has 5 nitrogen and oxygen atoms in total. The van der Waals surface area contributed by atoms with Gasteiger partial charge in [0.2, 0.25) is 0 Å². The van der Waals surface area contributed by atoms with E-state index in [0.717, 1.165) is 5.56 Å². The van der Waals surface area contributed by atoms with Gasteiger partial charge >= 0.3 is 0 Å². The number of alkyl halides is 2. The Hall–Kier alpha value is -2.44. The maximum atomic E-state index is 13.2. The minimum atomic E-state index is -2.75. The maximum absolute atomic E-state index is 13.2. The highest BCUT2D eigenvalue weighted by atomic mass is 19.3. The minimum Gasteiger partial charge on any atom is -0.491 e. The quantitative estimate of drug-likeness (QED) is 0.912. The van der Waals surface area contributed by atoms with Gasteiger partial charge in [-0.15, -0.1) is 0 Å². The number of fused-ring (bicyclic) bond motifs is 1. The van der Waals surface area contributed by atoms with E-state index in [-0.39, 0.29) is 29.8 Å². The molecule has 0 bridgehead atoms. The van der Waals surface area contributed by atoms with E-state index in [9.17, 15) is 13.6 Å². The molecule has 24 heavy (non-hydrogen) atoms. The fourth-order valence-corrected chi connectivity index (χ4v) is 2.75. The maximum Gasteiger partial charge on any atom is 0.272 e. The molecule has 2 heterocycles. The fourth-order valence-electron chi connectivity index (χ4n) is 2.75. The third kappa shape index (κ3) is 3.25. The summed E-state index contributed by atoms with van der Waals surface area (Å²) in [4.78, 5) is 12.5. The first kappa shape index (κ1) is 16.4. The molecular formula is C17H19F2N3O2. The summed E-state index contributed by atoms with van der Waals surface area (Å²) >= 11 is 0. The number of hydrogen-bond acceptors (Lipinski definition) is 3. The molecule has 1 atom stereocenters. The molecule has 128 valence electrons. The highest BCUT2D eigenvalue weighted by Crippen LogP contribution is 2.32. The summed E-state index contributed by atoms with van der Waals surface area (Å²) in [5.41, 5.74) is 0.265. The second kappa shape index (κ2) is 6.59. The molecule has 0 saturated carbocycles. The van der Waals surface area contributed by atoms with E-state index in [2.05, 4.69) is 10.4 Å². The Morgan fingerprint density at radius 2 is 2.17 bits per heavy atom. The van der Waals surface area contributed by atoms with Gasteiger partial charge in [-0.2, -0.15) is 5.10 Å². The summed E-state index contributed by atoms with van der Waals surface area (Å²) in [6.45, 7) is 4.66. The molecule has 3 rings (SSSR count). The van der Waals surface area contributed by atoms with Gasteiger partial charge in [-0.3, -0.25) is 9.48 Å². The second-order valence-electron chi connectivity index (χ2n) is 6.22. The van der Waals surface area contributed by atoms with Gasteiger partial charge < -0.3 is 10.1 Å². The van der Waals surface area contributed by atoms with Gasteiger partial charge in [0, 0.05) is 18.3 Å². The number of ether oxygens (including phenoxy) is 1. The Kier molecular flexibility index (Phi) is 4.51. The smallest absolute Gasteiger partial charge is 0.272 e. The third-order valence-corrected chi connectivity index (χ3v) is 3.80. The zero-order chi connectivity index (χ0) is 17.3. The lowest BCUT2D eigenvalue weighted by Gasteiger charge is -2.11. The number of benzene rings is 1. The van der Waals surface area contributed by atoms with Crippen molar-refractivity contribution in [2.45, 2.75) is 32.9 Å². The molecule has 1 aliphatic heterocycles. The molecule has 1 amide bonds. The average molecular weight is 335 g/mol. The predicted octanol–water partition coefficient (Wildman–Crippen LogP) is 3.34. The van der Waals surface area contributed by atoms with Crippen LogP contribution in [0.25, 0.3) is 0 Å². The van der Waals surface area contributed by atoms with Crippen LogP contribution in [0.5, 0.6) is 5.75 Å². The van der Waals surface area contributed by atoms with Crippen molar-refractivity contribution < 1.29 is 18.3 Å². The first-order valence-electron chi connectivity index (χ1n) is 7.83. The Bertz CT molecular complexity index is 743. The number of amides is 1. The topological polar surface area (TPSA) is 56.2 Å². The van der Waals surface area contributed by atoms with Crippen LogP contribution in [-0.2, 0) is 6.54 Å². The average Bonchev–Trinajstić information content (AvgIpc) is 3.11. The fraction of sp³-hybridized carbons (Fsp3) is 0.412. The van der Waals surface area contributed by atoms with Crippen molar-refractivity contribution in [3.8, 4) is 5.75 Å². The SMILES string of the molecule is CC(C)Cn1cc(C(F)F)c(C(=O)NC2COc3ccccc32)n1. The predicted molar refractivity (Wildman–Crippen MR) is 84.2 cm³/mol. The number of aromatic nitrogens is 2. The van der Waals surface area contributed by atoms with Crippen LogP contribution >= 0.6 is 0 Å². The van der Waals surface area contributed by atoms with Gasteiger partial charge in [-0.1, -0.05) is 32.0 Å². The number of para-hydroxylation sites is 1. The van der Waals surface area contributed by atoms with E-state index >= 15 is 0 Å². The lowest BCUT2D eigenvalue weighted by molar-refractivity contribution is 0.0911. The highest BCUT2D eigenvalue weighted by molar-refractivity contribution is 5.94. The Morgan fingerprint density at radius 1 is 1.42 bits per heavy atom. The number of carbonyl (C=O) groups excluding carboxylic acids is 1. The zero-order valence-corrected chi connectivity index (χ0v) is 13.5. The number of hydrogen-bond donors (Lipinski definition) is 1. The molecule has 2 aromatic rings. The lowest BCUT2D eigenvalue weighted by Crippen LogP contribution is -2.30. The summed E-state index contributed by atoms with van der Waals surface area (Å²) in [6.07, 6.45) is -1.50. The number of carbonyl (C=O) groups is 1. The molecule has 1 unspecified atom stereocenters. The standard InChI is InChI=1S/C17H19F2N3O2/c1-10(2)7-22-8-12(16(18)19)15(21-22)17(23)20-13-9-24-14-6-4-3-5-11(13)14/h3-6,8,10,13,16H,7,9H2,1-2H3,(H,20,23). The van der Waals surface area contributed by atoms with Gasteiger partial charge in [-0.05, 0) is 12.0 Å². The summed E-state index contributed by atoms with van der Waals surface area (Å²) in [7, 11) is 0. The second-order valence-corrected chi connectivity index (χ2v) is 6.22. The van der Waals surface area contributed by atoms with E-state index in [0.29, 0.717) is 12.3 Å². The third-order valence-electron chi connectivity index (χ3n) is 3.80. The van der Waals surface area contributed by atoms with Crippen LogP contribution in [0, 0.1) is 5.92 Å². The van der Waals surface area contributed by atoms with Crippen LogP contribution in [0.4, 0.5) is 8.78 Å². The highest BCUT2D eigenvalue weighted by Gasteiger charge is 2.29. The molecule has 1 aromatic carbocycles. The summed E-state index contributed by atoms with van der Waals surface area (Å²) < 4.78 is 33.4. The molecule has 0 fully saturated rings. The van der Waals surface area contributed by atoms with Crippen molar-refractivity contribution in [2.75, 3.05) is 6.61 Å². The molecule has 0 aliphatic carbocycles. The van der Waals surface area contributed by atoms with Crippen LogP contribution in [-0.4, -0.2) is 22.3 Å². The van der Waals surface area contributed by atoms with Crippen LogP contribution in [0.3, 0.4) is 0 Å². The molecule has 1 aromatic heterocycles. The first-order valence-corrected chi connectivity index (χ1v) is 7.83. The minimum absolute atomic E-state index is 0.227. The van der Waals surface area contributed by atoms with Gasteiger partial charge in [0.05, 0.1) is 11.6 Å². The molecular weight excluding hydrogens is 316 g/mol. The van der Waals surface area contributed by atoms with Gasteiger partial charge in [-0.25, -0.2) is 8.78 Å². The summed E-state index contributed by atoms with van der Waals surface area (Å²) in [5, 5.41) is 6.79. The van der Waals surface area contributed by atoms with Crippen molar-refractivity contribution in [1.29, 1.82) is 0 Å². The van der Waals surface area contributed by atoms with Crippen molar-refractivity contribution in [3.63, 3.8) is 0 Å². The van der Waals surface area contributed by atoms with Crippen molar-refractivity contribution >= 4 is 5.91 Å². The van der Waals surface area contributed by atoms with Crippen molar-refractivity contribution in [1.82, 2.24) is 15.1 Å². The summed E-state index contributed by atoms with van der Waals surface area (Å²) in [5.74, 6) is 0.321. The number of halogens is 2. The Balaban J connectivity index is 1.81. The number of nitrogens with zero attached hydrogens (tertiary/aromatic N) is 2. The van der Waals surface area contributed by atoms with E-state index in [1.165, 1.54) is 10.9 Å². The molecule has 1 aliphatic rings. The largest absolute Gasteiger partial charge is 0.491 e. The van der Waals surface area contributed by atoms with E-state index in [1.54, 1.807) is 0 Å². The van der Waals surface area contributed by atoms with E-state index < -0.39 is 12.3 Å². The zero-order valence-electron chi connectivity index (χ0n) is 13.5. The van der Waals surface area contributed by atoms with Gasteiger partial charge in [0.1, 0.15) is 12.4 Å². The molecule has 7 heteroatoms. The normalized spacial score (nSPS) is 16.3. The number of nitrogens with one attached hydrogen (secondary N) is 1. The lowest BCUT2D eigenvalue weighted by atomic mass is 10.1.